The Morgan fingerprint density at radius 1 is 1.16 bits per heavy atom. The summed E-state index contributed by atoms with van der Waals surface area (Å²) < 4.78 is 29.2. The molecule has 12 nitrogen and oxygen atoms in total. The van der Waals surface area contributed by atoms with Gasteiger partial charge in [0.15, 0.2) is 17.3 Å². The average molecular weight is 527 g/mol. The lowest BCUT2D eigenvalue weighted by Crippen LogP contribution is -2.27. The summed E-state index contributed by atoms with van der Waals surface area (Å²) >= 11 is 6.03. The van der Waals surface area contributed by atoms with Crippen molar-refractivity contribution < 1.29 is 18.4 Å². The van der Waals surface area contributed by atoms with Crippen molar-refractivity contribution in [1.82, 2.24) is 35.2 Å². The largest absolute Gasteiger partial charge is 0.367 e. The maximum absolute atomic E-state index is 14.5. The van der Waals surface area contributed by atoms with Crippen LogP contribution in [0.3, 0.4) is 0 Å². The molecule has 0 radical (unpaired) electrons. The Morgan fingerprint density at radius 3 is 2.81 bits per heavy atom. The molecule has 0 saturated heterocycles. The van der Waals surface area contributed by atoms with Crippen LogP contribution in [0.2, 0.25) is 5.02 Å². The number of aromatic nitrogens is 7. The topological polar surface area (TPSA) is 144 Å². The highest BCUT2D eigenvalue weighted by atomic mass is 35.5. The molecule has 1 amide bonds. The van der Waals surface area contributed by atoms with Crippen LogP contribution < -0.4 is 15.5 Å². The number of pyridine rings is 1. The average Bonchev–Trinajstić information content (AvgIpc) is 3.28. The Hall–Kier alpha value is -4.59. The lowest BCUT2D eigenvalue weighted by molar-refractivity contribution is 0.0939. The summed E-state index contributed by atoms with van der Waals surface area (Å²) in [7, 11) is 0. The standard InChI is InChI=1S/C22H17ClF2N10O2/c23-17-13(14(24)4-5-15(17)25)11-34-8-2-7-27-18-19(34)29-16(10-28-18)21(37)35-22(31-32-33-35)30-20(36)12-3-1-6-26-9-12/h1,3-6,9-10H,2,7-8,11H2,(H,27,28)(H,30,31,33,36). The van der Waals surface area contributed by atoms with Crippen molar-refractivity contribution in [2.24, 2.45) is 0 Å². The zero-order chi connectivity index (χ0) is 25.9. The molecule has 37 heavy (non-hydrogen) atoms. The van der Waals surface area contributed by atoms with E-state index in [9.17, 15) is 18.4 Å². The zero-order valence-corrected chi connectivity index (χ0v) is 19.7. The van der Waals surface area contributed by atoms with E-state index in [-0.39, 0.29) is 40.2 Å². The summed E-state index contributed by atoms with van der Waals surface area (Å²) in [6.07, 6.45) is 4.71. The molecule has 4 heterocycles. The minimum atomic E-state index is -0.777. The smallest absolute Gasteiger partial charge is 0.303 e. The van der Waals surface area contributed by atoms with Crippen LogP contribution in [0, 0.1) is 11.6 Å². The number of amides is 1. The molecule has 1 aliphatic rings. The normalized spacial score (nSPS) is 12.9. The lowest BCUT2D eigenvalue weighted by Gasteiger charge is -2.24. The van der Waals surface area contributed by atoms with Crippen LogP contribution in [-0.2, 0) is 6.54 Å². The van der Waals surface area contributed by atoms with Crippen LogP contribution in [0.5, 0.6) is 0 Å². The summed E-state index contributed by atoms with van der Waals surface area (Å²) in [5.74, 6) is -2.43. The molecule has 0 aliphatic carbocycles. The second-order valence-electron chi connectivity index (χ2n) is 7.87. The van der Waals surface area contributed by atoms with E-state index >= 15 is 0 Å². The van der Waals surface area contributed by atoms with Gasteiger partial charge >= 0.3 is 5.91 Å². The number of halogens is 3. The van der Waals surface area contributed by atoms with Crippen molar-refractivity contribution in [3.63, 3.8) is 0 Å². The molecule has 0 saturated carbocycles. The second-order valence-corrected chi connectivity index (χ2v) is 8.24. The van der Waals surface area contributed by atoms with Gasteiger partial charge in [-0.25, -0.2) is 18.7 Å². The third-order valence-electron chi connectivity index (χ3n) is 5.47. The Kier molecular flexibility index (Phi) is 6.64. The summed E-state index contributed by atoms with van der Waals surface area (Å²) in [4.78, 5) is 39.9. The number of rotatable bonds is 5. The summed E-state index contributed by atoms with van der Waals surface area (Å²) in [5, 5.41) is 16.0. The lowest BCUT2D eigenvalue weighted by atomic mass is 10.2. The monoisotopic (exact) mass is 526 g/mol. The van der Waals surface area contributed by atoms with Gasteiger partial charge in [-0.15, -0.1) is 4.68 Å². The van der Waals surface area contributed by atoms with Crippen LogP contribution in [0.1, 0.15) is 32.8 Å². The minimum absolute atomic E-state index is 0.0473. The molecule has 0 atom stereocenters. The quantitative estimate of drug-likeness (QED) is 0.294. The number of carbonyl (C=O) groups is 2. The van der Waals surface area contributed by atoms with Crippen molar-refractivity contribution in [3.8, 4) is 0 Å². The highest BCUT2D eigenvalue weighted by Crippen LogP contribution is 2.30. The fourth-order valence-corrected chi connectivity index (χ4v) is 3.86. The number of hydrogen-bond acceptors (Lipinski definition) is 10. The number of tetrazole rings is 1. The van der Waals surface area contributed by atoms with Crippen molar-refractivity contribution in [3.05, 3.63) is 76.3 Å². The second kappa shape index (κ2) is 10.2. The van der Waals surface area contributed by atoms with Crippen molar-refractivity contribution >= 4 is 41.0 Å². The molecule has 1 aliphatic heterocycles. The van der Waals surface area contributed by atoms with Crippen LogP contribution in [0.25, 0.3) is 0 Å². The Bertz CT molecular complexity index is 1480. The fourth-order valence-electron chi connectivity index (χ4n) is 3.65. The van der Waals surface area contributed by atoms with Crippen LogP contribution >= 0.6 is 11.6 Å². The fraction of sp³-hybridized carbons (Fsp3) is 0.182. The van der Waals surface area contributed by atoms with Gasteiger partial charge in [0, 0.05) is 37.6 Å². The first-order valence-electron chi connectivity index (χ1n) is 10.9. The van der Waals surface area contributed by atoms with E-state index in [0.29, 0.717) is 25.3 Å². The van der Waals surface area contributed by atoms with Crippen LogP contribution in [0.4, 0.5) is 26.4 Å². The van der Waals surface area contributed by atoms with E-state index in [4.69, 9.17) is 11.6 Å². The molecule has 5 rings (SSSR count). The van der Waals surface area contributed by atoms with Gasteiger partial charge in [0.1, 0.15) is 11.6 Å². The third-order valence-corrected chi connectivity index (χ3v) is 5.88. The highest BCUT2D eigenvalue weighted by Gasteiger charge is 2.26. The number of nitrogens with one attached hydrogen (secondary N) is 2. The molecule has 1 aromatic carbocycles. The first-order valence-corrected chi connectivity index (χ1v) is 11.3. The summed E-state index contributed by atoms with van der Waals surface area (Å²) in [6.45, 7) is 0.832. The van der Waals surface area contributed by atoms with Gasteiger partial charge in [0.2, 0.25) is 0 Å². The molecule has 3 aromatic heterocycles. The maximum atomic E-state index is 14.5. The maximum Gasteiger partial charge on any atom is 0.303 e. The van der Waals surface area contributed by atoms with Gasteiger partial charge in [-0.2, -0.15) is 0 Å². The van der Waals surface area contributed by atoms with E-state index in [2.05, 4.69) is 41.1 Å². The van der Waals surface area contributed by atoms with Gasteiger partial charge < -0.3 is 10.2 Å². The number of benzene rings is 1. The van der Waals surface area contributed by atoms with Gasteiger partial charge in [-0.1, -0.05) is 16.7 Å². The van der Waals surface area contributed by atoms with Crippen molar-refractivity contribution in [2.45, 2.75) is 13.0 Å². The van der Waals surface area contributed by atoms with E-state index in [1.54, 1.807) is 11.0 Å². The predicted octanol–water partition coefficient (Wildman–Crippen LogP) is 2.55. The first kappa shape index (κ1) is 24.1. The molecule has 15 heteroatoms. The van der Waals surface area contributed by atoms with E-state index in [1.165, 1.54) is 24.7 Å². The van der Waals surface area contributed by atoms with E-state index < -0.39 is 23.4 Å². The van der Waals surface area contributed by atoms with Crippen molar-refractivity contribution in [1.29, 1.82) is 0 Å². The predicted molar refractivity (Wildman–Crippen MR) is 127 cm³/mol. The van der Waals surface area contributed by atoms with Gasteiger partial charge in [-0.3, -0.25) is 19.9 Å². The first-order chi connectivity index (χ1) is 17.9. The van der Waals surface area contributed by atoms with Crippen molar-refractivity contribution in [2.75, 3.05) is 28.6 Å². The molecular formula is C22H17ClF2N10O2. The molecule has 0 fully saturated rings. The van der Waals surface area contributed by atoms with E-state index in [0.717, 1.165) is 16.8 Å². The molecule has 188 valence electrons. The number of hydrogen-bond donors (Lipinski definition) is 2. The molecule has 4 aromatic rings. The Balaban J connectivity index is 1.44. The summed E-state index contributed by atoms with van der Waals surface area (Å²) in [5.41, 5.74) is 0.0376. The van der Waals surface area contributed by atoms with Crippen LogP contribution in [0.15, 0.2) is 42.9 Å². The molecule has 0 unspecified atom stereocenters. The number of nitrogens with zero attached hydrogens (tertiary/aromatic N) is 8. The SMILES string of the molecule is O=C(Nc1nnnn1C(=O)c1cnc2c(n1)N(Cc1c(F)ccc(F)c1Cl)CCCN2)c1cccnc1. The van der Waals surface area contributed by atoms with Gasteiger partial charge in [0.05, 0.1) is 16.8 Å². The zero-order valence-electron chi connectivity index (χ0n) is 18.9. The highest BCUT2D eigenvalue weighted by molar-refractivity contribution is 6.31. The van der Waals surface area contributed by atoms with Gasteiger partial charge in [0.25, 0.3) is 11.9 Å². The Morgan fingerprint density at radius 2 is 2.00 bits per heavy atom. The Labute approximate surface area is 212 Å². The number of carbonyl (C=O) groups excluding carboxylic acids is 2. The van der Waals surface area contributed by atoms with Crippen LogP contribution in [-0.4, -0.2) is 60.1 Å². The number of fused-ring (bicyclic) bond motifs is 1. The molecule has 0 spiro atoms. The molecular weight excluding hydrogens is 510 g/mol. The third kappa shape index (κ3) is 4.91. The van der Waals surface area contributed by atoms with E-state index in [1.807, 2.05) is 0 Å². The molecule has 2 N–H and O–H groups in total. The number of anilines is 3. The van der Waals surface area contributed by atoms with Gasteiger partial charge in [-0.05, 0) is 41.1 Å². The summed E-state index contributed by atoms with van der Waals surface area (Å²) in [6, 6.07) is 5.06. The minimum Gasteiger partial charge on any atom is -0.367 e. The molecule has 0 bridgehead atoms.